The molecule has 0 aliphatic heterocycles. The van der Waals surface area contributed by atoms with Crippen molar-refractivity contribution in [1.82, 2.24) is 0 Å². The zero-order valence-corrected chi connectivity index (χ0v) is 10.8. The van der Waals surface area contributed by atoms with Crippen LogP contribution in [0.25, 0.3) is 0 Å². The quantitative estimate of drug-likeness (QED) is 0.762. The van der Waals surface area contributed by atoms with Gasteiger partial charge >= 0.3 is 0 Å². The van der Waals surface area contributed by atoms with Crippen LogP contribution in [0.3, 0.4) is 0 Å². The van der Waals surface area contributed by atoms with Crippen LogP contribution in [-0.2, 0) is 11.2 Å². The molecule has 1 rings (SSSR count). The summed E-state index contributed by atoms with van der Waals surface area (Å²) >= 11 is 1.68. The third kappa shape index (κ3) is 4.27. The van der Waals surface area contributed by atoms with Crippen LogP contribution in [0.1, 0.15) is 19.4 Å². The van der Waals surface area contributed by atoms with Crippen molar-refractivity contribution < 1.29 is 9.53 Å². The molecule has 0 aliphatic carbocycles. The van der Waals surface area contributed by atoms with Gasteiger partial charge in [0.15, 0.2) is 0 Å². The van der Waals surface area contributed by atoms with Gasteiger partial charge < -0.3 is 4.74 Å². The predicted molar refractivity (Wildman–Crippen MR) is 69.3 cm³/mol. The Hall–Kier alpha value is -0.960. The number of benzene rings is 1. The Morgan fingerprint density at radius 2 is 2.06 bits per heavy atom. The SMILES string of the molecule is COc1ccccc1CC(=O)CSC(C)C. The molecule has 0 unspecified atom stereocenters. The van der Waals surface area contributed by atoms with E-state index in [-0.39, 0.29) is 5.78 Å². The number of hydrogen-bond donors (Lipinski definition) is 0. The van der Waals surface area contributed by atoms with Gasteiger partial charge in [-0.05, 0) is 11.3 Å². The van der Waals surface area contributed by atoms with Crippen LogP contribution >= 0.6 is 11.8 Å². The Balaban J connectivity index is 2.55. The van der Waals surface area contributed by atoms with Crippen molar-refractivity contribution in [2.75, 3.05) is 12.9 Å². The summed E-state index contributed by atoms with van der Waals surface area (Å²) in [5.74, 6) is 1.63. The molecular weight excluding hydrogens is 220 g/mol. The molecule has 0 N–H and O–H groups in total. The fourth-order valence-corrected chi connectivity index (χ4v) is 1.99. The van der Waals surface area contributed by atoms with Gasteiger partial charge in [0.1, 0.15) is 11.5 Å². The minimum Gasteiger partial charge on any atom is -0.496 e. The molecule has 0 aromatic heterocycles. The number of hydrogen-bond acceptors (Lipinski definition) is 3. The average Bonchev–Trinajstić information content (AvgIpc) is 2.27. The second-order valence-corrected chi connectivity index (χ2v) is 5.45. The molecule has 0 bridgehead atoms. The van der Waals surface area contributed by atoms with Gasteiger partial charge in [-0.3, -0.25) is 4.79 Å². The van der Waals surface area contributed by atoms with E-state index in [1.54, 1.807) is 18.9 Å². The van der Waals surface area contributed by atoms with E-state index in [1.165, 1.54) is 0 Å². The minimum absolute atomic E-state index is 0.253. The fourth-order valence-electron chi connectivity index (χ4n) is 1.37. The van der Waals surface area contributed by atoms with Crippen molar-refractivity contribution in [3.8, 4) is 5.75 Å². The first-order chi connectivity index (χ1) is 7.63. The largest absolute Gasteiger partial charge is 0.496 e. The number of rotatable bonds is 6. The van der Waals surface area contributed by atoms with Crippen LogP contribution < -0.4 is 4.74 Å². The summed E-state index contributed by atoms with van der Waals surface area (Å²) in [7, 11) is 1.63. The van der Waals surface area contributed by atoms with Gasteiger partial charge in [0.05, 0.1) is 12.9 Å². The highest BCUT2D eigenvalue weighted by atomic mass is 32.2. The highest BCUT2D eigenvalue weighted by Gasteiger charge is 2.08. The van der Waals surface area contributed by atoms with Crippen molar-refractivity contribution in [2.24, 2.45) is 0 Å². The Kier molecular flexibility index (Phi) is 5.39. The number of thioether (sulfide) groups is 1. The number of methoxy groups -OCH3 is 1. The number of carbonyl (C=O) groups excluding carboxylic acids is 1. The summed E-state index contributed by atoms with van der Waals surface area (Å²) in [4.78, 5) is 11.7. The summed E-state index contributed by atoms with van der Waals surface area (Å²) in [5.41, 5.74) is 0.972. The highest BCUT2D eigenvalue weighted by molar-refractivity contribution is 8.00. The number of Topliss-reactive ketones (excluding diaryl/α,β-unsaturated/α-hetero) is 1. The second-order valence-electron chi connectivity index (χ2n) is 3.89. The molecular formula is C13H18O2S. The molecule has 0 aliphatic rings. The first kappa shape index (κ1) is 13.1. The van der Waals surface area contributed by atoms with Crippen LogP contribution in [0.15, 0.2) is 24.3 Å². The van der Waals surface area contributed by atoms with Crippen molar-refractivity contribution >= 4 is 17.5 Å². The Morgan fingerprint density at radius 3 is 2.69 bits per heavy atom. The third-order valence-corrected chi connectivity index (χ3v) is 3.31. The molecule has 0 atom stereocenters. The van der Waals surface area contributed by atoms with Crippen LogP contribution in [-0.4, -0.2) is 23.9 Å². The lowest BCUT2D eigenvalue weighted by Crippen LogP contribution is -2.08. The maximum absolute atomic E-state index is 11.7. The molecule has 0 amide bonds. The van der Waals surface area contributed by atoms with Gasteiger partial charge in [-0.25, -0.2) is 0 Å². The predicted octanol–water partition coefficient (Wildman–Crippen LogP) is 2.95. The Labute approximate surface area is 101 Å². The lowest BCUT2D eigenvalue weighted by Gasteiger charge is -2.08. The lowest BCUT2D eigenvalue weighted by atomic mass is 10.1. The zero-order chi connectivity index (χ0) is 12.0. The van der Waals surface area contributed by atoms with Gasteiger partial charge in [-0.1, -0.05) is 32.0 Å². The van der Waals surface area contributed by atoms with Crippen LogP contribution in [0.4, 0.5) is 0 Å². The molecule has 0 saturated carbocycles. The Morgan fingerprint density at radius 1 is 1.38 bits per heavy atom. The third-order valence-electron chi connectivity index (χ3n) is 2.16. The highest BCUT2D eigenvalue weighted by Crippen LogP contribution is 2.19. The first-order valence-electron chi connectivity index (χ1n) is 5.38. The number of carbonyl (C=O) groups is 1. The van der Waals surface area contributed by atoms with E-state index >= 15 is 0 Å². The first-order valence-corrected chi connectivity index (χ1v) is 6.43. The normalized spacial score (nSPS) is 10.5. The van der Waals surface area contributed by atoms with E-state index in [2.05, 4.69) is 13.8 Å². The van der Waals surface area contributed by atoms with E-state index < -0.39 is 0 Å². The fraction of sp³-hybridized carbons (Fsp3) is 0.462. The van der Waals surface area contributed by atoms with E-state index in [0.717, 1.165) is 11.3 Å². The Bertz CT molecular complexity index is 348. The van der Waals surface area contributed by atoms with Gasteiger partial charge in [0.2, 0.25) is 0 Å². The molecule has 3 heteroatoms. The summed E-state index contributed by atoms with van der Waals surface area (Å²) in [5, 5.41) is 0.501. The van der Waals surface area contributed by atoms with Crippen LogP contribution in [0.5, 0.6) is 5.75 Å². The monoisotopic (exact) mass is 238 g/mol. The van der Waals surface area contributed by atoms with Gasteiger partial charge in [0.25, 0.3) is 0 Å². The topological polar surface area (TPSA) is 26.3 Å². The van der Waals surface area contributed by atoms with Crippen LogP contribution in [0, 0.1) is 0 Å². The molecule has 0 radical (unpaired) electrons. The van der Waals surface area contributed by atoms with Crippen molar-refractivity contribution in [3.05, 3.63) is 29.8 Å². The summed E-state index contributed by atoms with van der Waals surface area (Å²) < 4.78 is 5.21. The van der Waals surface area contributed by atoms with Gasteiger partial charge in [0, 0.05) is 12.0 Å². The summed E-state index contributed by atoms with van der Waals surface area (Å²) in [6.07, 6.45) is 0.462. The second kappa shape index (κ2) is 6.59. The molecule has 2 nitrogen and oxygen atoms in total. The molecule has 1 aromatic carbocycles. The average molecular weight is 238 g/mol. The van der Waals surface area contributed by atoms with E-state index in [9.17, 15) is 4.79 Å². The molecule has 0 spiro atoms. The van der Waals surface area contributed by atoms with Crippen molar-refractivity contribution in [1.29, 1.82) is 0 Å². The molecule has 88 valence electrons. The summed E-state index contributed by atoms with van der Waals surface area (Å²) in [6, 6.07) is 7.67. The standard InChI is InChI=1S/C13H18O2S/c1-10(2)16-9-12(14)8-11-6-4-5-7-13(11)15-3/h4-7,10H,8-9H2,1-3H3. The van der Waals surface area contributed by atoms with Crippen LogP contribution in [0.2, 0.25) is 0 Å². The lowest BCUT2D eigenvalue weighted by molar-refractivity contribution is -0.116. The molecule has 0 heterocycles. The smallest absolute Gasteiger partial charge is 0.147 e. The molecule has 0 fully saturated rings. The van der Waals surface area contributed by atoms with Crippen molar-refractivity contribution in [3.63, 3.8) is 0 Å². The van der Waals surface area contributed by atoms with E-state index in [4.69, 9.17) is 4.74 Å². The maximum atomic E-state index is 11.7. The number of ketones is 1. The summed E-state index contributed by atoms with van der Waals surface area (Å²) in [6.45, 7) is 4.20. The van der Waals surface area contributed by atoms with E-state index in [0.29, 0.717) is 17.4 Å². The van der Waals surface area contributed by atoms with Crippen molar-refractivity contribution in [2.45, 2.75) is 25.5 Å². The molecule has 0 saturated heterocycles. The van der Waals surface area contributed by atoms with Gasteiger partial charge in [-0.2, -0.15) is 11.8 Å². The number of para-hydroxylation sites is 1. The number of ether oxygens (including phenoxy) is 1. The molecule has 1 aromatic rings. The zero-order valence-electron chi connectivity index (χ0n) is 10.0. The minimum atomic E-state index is 0.253. The van der Waals surface area contributed by atoms with Gasteiger partial charge in [-0.15, -0.1) is 0 Å². The van der Waals surface area contributed by atoms with E-state index in [1.807, 2.05) is 24.3 Å². The maximum Gasteiger partial charge on any atom is 0.147 e. The molecule has 16 heavy (non-hydrogen) atoms.